The SMILES string of the molecule is S=C1N[C@H](c2ccccn2)[C@H](c2ccc(Br)s2)N1Cc1ccccc1. The molecule has 0 spiro atoms. The van der Waals surface area contributed by atoms with E-state index in [1.165, 1.54) is 10.4 Å². The van der Waals surface area contributed by atoms with Crippen molar-refractivity contribution in [2.75, 3.05) is 0 Å². The molecule has 0 bridgehead atoms. The quantitative estimate of drug-likeness (QED) is 0.585. The molecule has 0 amide bonds. The molecule has 0 unspecified atom stereocenters. The molecule has 4 rings (SSSR count). The minimum Gasteiger partial charge on any atom is -0.352 e. The van der Waals surface area contributed by atoms with Crippen LogP contribution in [0.4, 0.5) is 0 Å². The van der Waals surface area contributed by atoms with Crippen LogP contribution >= 0.6 is 39.5 Å². The van der Waals surface area contributed by atoms with Gasteiger partial charge in [-0.2, -0.15) is 0 Å². The van der Waals surface area contributed by atoms with Gasteiger partial charge in [-0.1, -0.05) is 36.4 Å². The van der Waals surface area contributed by atoms with Gasteiger partial charge in [0, 0.05) is 17.6 Å². The third kappa shape index (κ3) is 3.47. The summed E-state index contributed by atoms with van der Waals surface area (Å²) in [6.45, 7) is 0.774. The summed E-state index contributed by atoms with van der Waals surface area (Å²) >= 11 is 11.0. The van der Waals surface area contributed by atoms with E-state index in [0.717, 1.165) is 21.1 Å². The number of halogens is 1. The average Bonchev–Trinajstić information content (AvgIpc) is 3.20. The maximum absolute atomic E-state index is 5.68. The minimum atomic E-state index is 0.0444. The third-order valence-electron chi connectivity index (χ3n) is 4.28. The fourth-order valence-corrected chi connectivity index (χ4v) is 5.03. The second kappa shape index (κ2) is 7.23. The molecule has 6 heteroatoms. The van der Waals surface area contributed by atoms with Gasteiger partial charge in [0.2, 0.25) is 0 Å². The van der Waals surface area contributed by atoms with Crippen molar-refractivity contribution in [3.8, 4) is 0 Å². The Hall–Kier alpha value is -1.76. The molecule has 0 radical (unpaired) electrons. The summed E-state index contributed by atoms with van der Waals surface area (Å²) in [4.78, 5) is 8.10. The molecule has 25 heavy (non-hydrogen) atoms. The van der Waals surface area contributed by atoms with Crippen LogP contribution in [0.25, 0.3) is 0 Å². The van der Waals surface area contributed by atoms with E-state index >= 15 is 0 Å². The Labute approximate surface area is 164 Å². The molecular weight excluding hydrogens is 414 g/mol. The summed E-state index contributed by atoms with van der Waals surface area (Å²) < 4.78 is 1.12. The summed E-state index contributed by atoms with van der Waals surface area (Å²) in [5, 5.41) is 4.26. The van der Waals surface area contributed by atoms with E-state index in [1.54, 1.807) is 11.3 Å². The van der Waals surface area contributed by atoms with Crippen molar-refractivity contribution in [1.29, 1.82) is 0 Å². The first-order valence-electron chi connectivity index (χ1n) is 7.99. The van der Waals surface area contributed by atoms with E-state index in [-0.39, 0.29) is 12.1 Å². The van der Waals surface area contributed by atoms with Crippen LogP contribution in [0.1, 0.15) is 28.2 Å². The maximum atomic E-state index is 5.68. The van der Waals surface area contributed by atoms with Crippen molar-refractivity contribution in [1.82, 2.24) is 15.2 Å². The molecule has 1 aliphatic heterocycles. The van der Waals surface area contributed by atoms with E-state index in [1.807, 2.05) is 24.4 Å². The Morgan fingerprint density at radius 3 is 2.56 bits per heavy atom. The molecule has 2 aromatic heterocycles. The number of hydrogen-bond acceptors (Lipinski definition) is 3. The zero-order valence-electron chi connectivity index (χ0n) is 13.3. The van der Waals surface area contributed by atoms with Crippen LogP contribution in [0.2, 0.25) is 0 Å². The predicted molar refractivity (Wildman–Crippen MR) is 109 cm³/mol. The normalized spacial score (nSPS) is 19.9. The molecule has 3 heterocycles. The lowest BCUT2D eigenvalue weighted by Crippen LogP contribution is -2.28. The highest BCUT2D eigenvalue weighted by molar-refractivity contribution is 9.11. The lowest BCUT2D eigenvalue weighted by Gasteiger charge is -2.26. The average molecular weight is 430 g/mol. The van der Waals surface area contributed by atoms with Crippen LogP contribution in [0.3, 0.4) is 0 Å². The molecule has 1 fully saturated rings. The summed E-state index contributed by atoms with van der Waals surface area (Å²) in [6, 6.07) is 20.9. The molecule has 1 N–H and O–H groups in total. The second-order valence-electron chi connectivity index (χ2n) is 5.88. The topological polar surface area (TPSA) is 28.2 Å². The van der Waals surface area contributed by atoms with E-state index in [9.17, 15) is 0 Å². The highest BCUT2D eigenvalue weighted by Crippen LogP contribution is 2.42. The first-order chi connectivity index (χ1) is 12.2. The van der Waals surface area contributed by atoms with Crippen LogP contribution < -0.4 is 5.32 Å². The fourth-order valence-electron chi connectivity index (χ4n) is 3.15. The van der Waals surface area contributed by atoms with Gasteiger partial charge in [0.15, 0.2) is 5.11 Å². The standard InChI is InChI=1S/C19H16BrN3S2/c20-16-10-9-15(25-16)18-17(14-8-4-5-11-21-14)22-19(24)23(18)12-13-6-2-1-3-7-13/h1-11,17-18H,12H2,(H,22,24)/t17-,18+/m1/s1. The first-order valence-corrected chi connectivity index (χ1v) is 10.0. The molecule has 3 nitrogen and oxygen atoms in total. The lowest BCUT2D eigenvalue weighted by molar-refractivity contribution is 0.315. The largest absolute Gasteiger partial charge is 0.352 e. The molecule has 2 atom stereocenters. The Kier molecular flexibility index (Phi) is 4.83. The van der Waals surface area contributed by atoms with Crippen LogP contribution in [0, 0.1) is 0 Å². The lowest BCUT2D eigenvalue weighted by atomic mass is 10.0. The molecule has 1 saturated heterocycles. The number of hydrogen-bond donors (Lipinski definition) is 1. The monoisotopic (exact) mass is 429 g/mol. The Morgan fingerprint density at radius 2 is 1.88 bits per heavy atom. The van der Waals surface area contributed by atoms with Gasteiger partial charge in [-0.25, -0.2) is 0 Å². The molecule has 1 aromatic carbocycles. The Balaban J connectivity index is 1.72. The summed E-state index contributed by atoms with van der Waals surface area (Å²) in [6.07, 6.45) is 1.83. The maximum Gasteiger partial charge on any atom is 0.170 e. The van der Waals surface area contributed by atoms with Crippen LogP contribution in [0.15, 0.2) is 70.6 Å². The van der Waals surface area contributed by atoms with Gasteiger partial charge in [-0.05, 0) is 58.0 Å². The molecule has 3 aromatic rings. The van der Waals surface area contributed by atoms with Gasteiger partial charge in [-0.15, -0.1) is 11.3 Å². The molecule has 0 aliphatic carbocycles. The van der Waals surface area contributed by atoms with Crippen molar-refractivity contribution >= 4 is 44.6 Å². The third-order valence-corrected chi connectivity index (χ3v) is 6.33. The number of rotatable bonds is 4. The molecule has 1 aliphatic rings. The summed E-state index contributed by atoms with van der Waals surface area (Å²) in [7, 11) is 0. The number of thiophene rings is 1. The first kappa shape index (κ1) is 16.7. The molecule has 0 saturated carbocycles. The van der Waals surface area contributed by atoms with Crippen LogP contribution in [-0.2, 0) is 6.54 Å². The molecule has 126 valence electrons. The van der Waals surface area contributed by atoms with Gasteiger partial charge in [0.1, 0.15) is 0 Å². The number of thiocarbonyl (C=S) groups is 1. The molecular formula is C19H16BrN3S2. The van der Waals surface area contributed by atoms with E-state index in [2.05, 4.69) is 73.6 Å². The summed E-state index contributed by atoms with van der Waals surface area (Å²) in [5.41, 5.74) is 2.25. The minimum absolute atomic E-state index is 0.0444. The fraction of sp³-hybridized carbons (Fsp3) is 0.158. The highest BCUT2D eigenvalue weighted by atomic mass is 79.9. The number of pyridine rings is 1. The Bertz CT molecular complexity index is 867. The number of nitrogens with zero attached hydrogens (tertiary/aromatic N) is 2. The van der Waals surface area contributed by atoms with Gasteiger partial charge in [0.25, 0.3) is 0 Å². The van der Waals surface area contributed by atoms with Crippen LogP contribution in [0.5, 0.6) is 0 Å². The van der Waals surface area contributed by atoms with E-state index < -0.39 is 0 Å². The van der Waals surface area contributed by atoms with Crippen molar-refractivity contribution < 1.29 is 0 Å². The smallest absolute Gasteiger partial charge is 0.170 e. The number of nitrogens with one attached hydrogen (secondary N) is 1. The van der Waals surface area contributed by atoms with Crippen LogP contribution in [-0.4, -0.2) is 15.0 Å². The highest BCUT2D eigenvalue weighted by Gasteiger charge is 2.40. The number of aromatic nitrogens is 1. The summed E-state index contributed by atoms with van der Waals surface area (Å²) in [5.74, 6) is 0. The van der Waals surface area contributed by atoms with E-state index in [0.29, 0.717) is 0 Å². The van der Waals surface area contributed by atoms with E-state index in [4.69, 9.17) is 12.2 Å². The Morgan fingerprint density at radius 1 is 1.08 bits per heavy atom. The zero-order valence-corrected chi connectivity index (χ0v) is 16.5. The van der Waals surface area contributed by atoms with Crippen molar-refractivity contribution in [2.24, 2.45) is 0 Å². The van der Waals surface area contributed by atoms with Gasteiger partial charge >= 0.3 is 0 Å². The van der Waals surface area contributed by atoms with Crippen molar-refractivity contribution in [2.45, 2.75) is 18.6 Å². The predicted octanol–water partition coefficient (Wildman–Crippen LogP) is 5.08. The van der Waals surface area contributed by atoms with Gasteiger partial charge in [0.05, 0.1) is 21.6 Å². The zero-order chi connectivity index (χ0) is 17.2. The van der Waals surface area contributed by atoms with Crippen molar-refractivity contribution in [3.63, 3.8) is 0 Å². The second-order valence-corrected chi connectivity index (χ2v) is 8.76. The van der Waals surface area contributed by atoms with Crippen molar-refractivity contribution in [3.05, 3.63) is 86.8 Å². The van der Waals surface area contributed by atoms with Gasteiger partial charge in [-0.3, -0.25) is 4.98 Å². The van der Waals surface area contributed by atoms with Gasteiger partial charge < -0.3 is 10.2 Å². The number of benzene rings is 1.